The molecule has 2 aromatic carbocycles. The molecular weight excluding hydrogens is 305 g/mol. The second-order valence-electron chi connectivity index (χ2n) is 4.34. The van der Waals surface area contributed by atoms with Gasteiger partial charge < -0.3 is 0 Å². The zero-order chi connectivity index (χ0) is 14.7. The predicted molar refractivity (Wildman–Crippen MR) is 76.6 cm³/mol. The van der Waals surface area contributed by atoms with Crippen molar-refractivity contribution in [3.63, 3.8) is 0 Å². The molecule has 0 aromatic heterocycles. The lowest BCUT2D eigenvalue weighted by Gasteiger charge is -2.18. The molecule has 0 bridgehead atoms. The Hall–Kier alpha value is -1.20. The first-order valence-electron chi connectivity index (χ1n) is 5.86. The fourth-order valence-corrected chi connectivity index (χ4v) is 2.36. The van der Waals surface area contributed by atoms with Crippen molar-refractivity contribution in [1.82, 2.24) is 5.43 Å². The molecule has 1 atom stereocenters. The Morgan fingerprint density at radius 2 is 1.80 bits per heavy atom. The topological polar surface area (TPSA) is 38.0 Å². The van der Waals surface area contributed by atoms with E-state index in [0.717, 1.165) is 0 Å². The maximum Gasteiger partial charge on any atom is 0.142 e. The fraction of sp³-hybridized carbons (Fsp3) is 0.143. The molecule has 3 N–H and O–H groups in total. The molecule has 0 aliphatic carbocycles. The van der Waals surface area contributed by atoms with Crippen LogP contribution in [-0.2, 0) is 6.42 Å². The molecule has 20 heavy (non-hydrogen) atoms. The SMILES string of the molecule is NNC(Cc1ccc(Cl)c(F)c1)c1ccc(F)cc1Cl. The number of nitrogens with two attached hydrogens (primary N) is 1. The summed E-state index contributed by atoms with van der Waals surface area (Å²) in [7, 11) is 0. The number of hydrazine groups is 1. The third kappa shape index (κ3) is 3.46. The predicted octanol–water partition coefficient (Wildman–Crippen LogP) is 4.02. The minimum atomic E-state index is -0.495. The molecule has 6 heteroatoms. The second-order valence-corrected chi connectivity index (χ2v) is 5.15. The van der Waals surface area contributed by atoms with Crippen LogP contribution >= 0.6 is 23.2 Å². The summed E-state index contributed by atoms with van der Waals surface area (Å²) < 4.78 is 26.4. The molecule has 106 valence electrons. The average Bonchev–Trinajstić information content (AvgIpc) is 2.41. The van der Waals surface area contributed by atoms with E-state index >= 15 is 0 Å². The van der Waals surface area contributed by atoms with Crippen molar-refractivity contribution in [1.29, 1.82) is 0 Å². The van der Waals surface area contributed by atoms with Gasteiger partial charge in [-0.05, 0) is 41.8 Å². The first-order valence-corrected chi connectivity index (χ1v) is 6.62. The second kappa shape index (κ2) is 6.50. The van der Waals surface area contributed by atoms with Gasteiger partial charge in [-0.15, -0.1) is 0 Å². The molecule has 2 aromatic rings. The number of rotatable bonds is 4. The van der Waals surface area contributed by atoms with Gasteiger partial charge in [-0.25, -0.2) is 8.78 Å². The highest BCUT2D eigenvalue weighted by atomic mass is 35.5. The van der Waals surface area contributed by atoms with E-state index in [0.29, 0.717) is 17.5 Å². The minimum Gasteiger partial charge on any atom is -0.271 e. The lowest BCUT2D eigenvalue weighted by atomic mass is 9.99. The summed E-state index contributed by atoms with van der Waals surface area (Å²) in [5.41, 5.74) is 3.95. The van der Waals surface area contributed by atoms with E-state index in [1.807, 2.05) is 0 Å². The van der Waals surface area contributed by atoms with Gasteiger partial charge in [0.15, 0.2) is 0 Å². The van der Waals surface area contributed by atoms with Gasteiger partial charge in [-0.1, -0.05) is 35.3 Å². The standard InChI is InChI=1S/C14H12Cl2F2N2/c15-11-4-1-8(5-13(11)18)6-14(20-19)10-3-2-9(17)7-12(10)16/h1-5,7,14,20H,6,19H2. The van der Waals surface area contributed by atoms with E-state index in [4.69, 9.17) is 29.0 Å². The van der Waals surface area contributed by atoms with Gasteiger partial charge in [-0.3, -0.25) is 11.3 Å². The van der Waals surface area contributed by atoms with Crippen LogP contribution in [0.2, 0.25) is 10.0 Å². The Morgan fingerprint density at radius 1 is 1.05 bits per heavy atom. The third-order valence-electron chi connectivity index (χ3n) is 2.96. The fourth-order valence-electron chi connectivity index (χ4n) is 1.95. The van der Waals surface area contributed by atoms with Gasteiger partial charge in [0.2, 0.25) is 0 Å². The Morgan fingerprint density at radius 3 is 2.40 bits per heavy atom. The average molecular weight is 317 g/mol. The number of benzene rings is 2. The zero-order valence-corrected chi connectivity index (χ0v) is 11.8. The van der Waals surface area contributed by atoms with Crippen molar-refractivity contribution >= 4 is 23.2 Å². The number of nitrogens with one attached hydrogen (secondary N) is 1. The molecule has 0 saturated carbocycles. The molecular formula is C14H12Cl2F2N2. The molecule has 0 saturated heterocycles. The van der Waals surface area contributed by atoms with Crippen LogP contribution in [0.5, 0.6) is 0 Å². The molecule has 0 heterocycles. The van der Waals surface area contributed by atoms with E-state index in [1.165, 1.54) is 24.3 Å². The number of hydrogen-bond acceptors (Lipinski definition) is 2. The molecule has 0 spiro atoms. The molecule has 0 fully saturated rings. The van der Waals surface area contributed by atoms with Crippen LogP contribution in [0.4, 0.5) is 8.78 Å². The van der Waals surface area contributed by atoms with Crippen molar-refractivity contribution in [2.24, 2.45) is 5.84 Å². The minimum absolute atomic E-state index is 0.0609. The Balaban J connectivity index is 2.26. The first kappa shape index (κ1) is 15.2. The molecule has 2 rings (SSSR count). The van der Waals surface area contributed by atoms with E-state index in [1.54, 1.807) is 12.1 Å². The highest BCUT2D eigenvalue weighted by Crippen LogP contribution is 2.27. The summed E-state index contributed by atoms with van der Waals surface area (Å²) in [6, 6.07) is 8.22. The van der Waals surface area contributed by atoms with E-state index in [2.05, 4.69) is 5.43 Å². The molecule has 0 aliphatic heterocycles. The van der Waals surface area contributed by atoms with Crippen molar-refractivity contribution in [3.05, 3.63) is 69.2 Å². The summed E-state index contributed by atoms with van der Waals surface area (Å²) in [5, 5.41) is 0.327. The van der Waals surface area contributed by atoms with Crippen molar-refractivity contribution in [3.8, 4) is 0 Å². The monoisotopic (exact) mass is 316 g/mol. The van der Waals surface area contributed by atoms with Gasteiger partial charge in [-0.2, -0.15) is 0 Å². The number of hydrogen-bond donors (Lipinski definition) is 2. The van der Waals surface area contributed by atoms with Crippen molar-refractivity contribution < 1.29 is 8.78 Å². The quantitative estimate of drug-likeness (QED) is 0.660. The first-order chi connectivity index (χ1) is 9.51. The van der Waals surface area contributed by atoms with Gasteiger partial charge in [0, 0.05) is 5.02 Å². The van der Waals surface area contributed by atoms with Gasteiger partial charge in [0.1, 0.15) is 11.6 Å². The molecule has 0 amide bonds. The van der Waals surface area contributed by atoms with Crippen LogP contribution in [0.1, 0.15) is 17.2 Å². The van der Waals surface area contributed by atoms with Crippen LogP contribution in [0.15, 0.2) is 36.4 Å². The van der Waals surface area contributed by atoms with Gasteiger partial charge >= 0.3 is 0 Å². The van der Waals surface area contributed by atoms with E-state index in [-0.39, 0.29) is 16.1 Å². The summed E-state index contributed by atoms with van der Waals surface area (Å²) in [5.74, 6) is 4.59. The van der Waals surface area contributed by atoms with Crippen LogP contribution in [0.25, 0.3) is 0 Å². The maximum atomic E-state index is 13.4. The highest BCUT2D eigenvalue weighted by molar-refractivity contribution is 6.31. The van der Waals surface area contributed by atoms with Gasteiger partial charge in [0.05, 0.1) is 11.1 Å². The lowest BCUT2D eigenvalue weighted by Crippen LogP contribution is -2.29. The van der Waals surface area contributed by atoms with Gasteiger partial charge in [0.25, 0.3) is 0 Å². The normalized spacial score (nSPS) is 12.4. The van der Waals surface area contributed by atoms with Crippen LogP contribution in [0, 0.1) is 11.6 Å². The summed E-state index contributed by atoms with van der Waals surface area (Å²) in [6.07, 6.45) is 0.399. The van der Waals surface area contributed by atoms with Crippen molar-refractivity contribution in [2.45, 2.75) is 12.5 Å². The zero-order valence-electron chi connectivity index (χ0n) is 10.3. The molecule has 0 aliphatic rings. The maximum absolute atomic E-state index is 13.4. The third-order valence-corrected chi connectivity index (χ3v) is 3.60. The van der Waals surface area contributed by atoms with E-state index < -0.39 is 11.6 Å². The Labute approximate surface area is 125 Å². The summed E-state index contributed by atoms with van der Waals surface area (Å²) >= 11 is 11.6. The molecule has 2 nitrogen and oxygen atoms in total. The summed E-state index contributed by atoms with van der Waals surface area (Å²) in [4.78, 5) is 0. The molecule has 0 radical (unpaired) electrons. The Bertz CT molecular complexity index is 620. The van der Waals surface area contributed by atoms with Crippen molar-refractivity contribution in [2.75, 3.05) is 0 Å². The van der Waals surface area contributed by atoms with Crippen LogP contribution < -0.4 is 11.3 Å². The molecule has 1 unspecified atom stereocenters. The largest absolute Gasteiger partial charge is 0.271 e. The lowest BCUT2D eigenvalue weighted by molar-refractivity contribution is 0.546. The van der Waals surface area contributed by atoms with E-state index in [9.17, 15) is 8.78 Å². The highest BCUT2D eigenvalue weighted by Gasteiger charge is 2.15. The smallest absolute Gasteiger partial charge is 0.142 e. The van der Waals surface area contributed by atoms with Crippen LogP contribution in [0.3, 0.4) is 0 Å². The number of halogens is 4. The Kier molecular flexibility index (Phi) is 4.94. The van der Waals surface area contributed by atoms with Crippen LogP contribution in [-0.4, -0.2) is 0 Å². The summed E-state index contributed by atoms with van der Waals surface area (Å²) in [6.45, 7) is 0.